The first-order valence-electron chi connectivity index (χ1n) is 5.56. The molecule has 2 unspecified atom stereocenters. The number of imide groups is 1. The quantitative estimate of drug-likeness (QED) is 0.545. The molecule has 2 rings (SSSR count). The minimum absolute atomic E-state index is 0.0252. The van der Waals surface area contributed by atoms with E-state index in [1.807, 2.05) is 0 Å². The van der Waals surface area contributed by atoms with Gasteiger partial charge in [0, 0.05) is 12.4 Å². The van der Waals surface area contributed by atoms with Crippen molar-refractivity contribution in [3.8, 4) is 0 Å². The normalized spacial score (nSPS) is 35.1. The van der Waals surface area contributed by atoms with Crippen molar-refractivity contribution >= 4 is 23.4 Å². The second-order valence-electron chi connectivity index (χ2n) is 4.66. The fourth-order valence-corrected chi connectivity index (χ4v) is 2.90. The number of halogens is 1. The first-order chi connectivity index (χ1) is 7.15. The lowest BCUT2D eigenvalue weighted by Crippen LogP contribution is -2.33. The van der Waals surface area contributed by atoms with E-state index in [2.05, 4.69) is 6.92 Å². The lowest BCUT2D eigenvalue weighted by Gasteiger charge is -2.15. The van der Waals surface area contributed by atoms with Gasteiger partial charge in [-0.3, -0.25) is 14.5 Å². The molecular weight excluding hydrogens is 214 g/mol. The second-order valence-corrected chi connectivity index (χ2v) is 5.04. The van der Waals surface area contributed by atoms with Gasteiger partial charge in [0.1, 0.15) is 0 Å². The molecule has 1 aliphatic heterocycles. The molecule has 1 heterocycles. The molecule has 0 aromatic heterocycles. The van der Waals surface area contributed by atoms with E-state index in [9.17, 15) is 9.59 Å². The third kappa shape index (κ3) is 1.78. The van der Waals surface area contributed by atoms with Crippen LogP contribution in [-0.4, -0.2) is 29.1 Å². The summed E-state index contributed by atoms with van der Waals surface area (Å²) in [5, 5.41) is 0. The topological polar surface area (TPSA) is 37.4 Å². The standard InChI is InChI=1S/C11H16ClNO2/c1-7-5-8-9(6-7)11(15)13(10(8)14)4-2-3-12/h7-9H,2-6H2,1H3. The van der Waals surface area contributed by atoms with Gasteiger partial charge in [-0.25, -0.2) is 0 Å². The van der Waals surface area contributed by atoms with Gasteiger partial charge in [-0.15, -0.1) is 11.6 Å². The molecule has 1 saturated carbocycles. The third-order valence-corrected chi connectivity index (χ3v) is 3.75. The van der Waals surface area contributed by atoms with Crippen molar-refractivity contribution in [1.82, 2.24) is 4.90 Å². The first-order valence-corrected chi connectivity index (χ1v) is 6.09. The Kier molecular flexibility index (Phi) is 3.01. The average molecular weight is 230 g/mol. The molecule has 0 spiro atoms. The number of nitrogens with zero attached hydrogens (tertiary/aromatic N) is 1. The number of carbonyl (C=O) groups is 2. The van der Waals surface area contributed by atoms with Crippen LogP contribution in [0.5, 0.6) is 0 Å². The van der Waals surface area contributed by atoms with Crippen molar-refractivity contribution in [2.75, 3.05) is 12.4 Å². The number of amides is 2. The predicted molar refractivity (Wildman–Crippen MR) is 57.4 cm³/mol. The summed E-state index contributed by atoms with van der Waals surface area (Å²) in [5.41, 5.74) is 0. The maximum Gasteiger partial charge on any atom is 0.233 e. The summed E-state index contributed by atoms with van der Waals surface area (Å²) in [6.07, 6.45) is 2.47. The van der Waals surface area contributed by atoms with E-state index in [0.29, 0.717) is 24.8 Å². The fraction of sp³-hybridized carbons (Fsp3) is 0.818. The van der Waals surface area contributed by atoms with E-state index in [4.69, 9.17) is 11.6 Å². The highest BCUT2D eigenvalue weighted by Gasteiger charge is 2.51. The molecule has 2 fully saturated rings. The fourth-order valence-electron chi connectivity index (χ4n) is 2.78. The van der Waals surface area contributed by atoms with E-state index in [0.717, 1.165) is 12.8 Å². The maximum atomic E-state index is 11.9. The van der Waals surface area contributed by atoms with E-state index < -0.39 is 0 Å². The first kappa shape index (κ1) is 10.9. The number of fused-ring (bicyclic) bond motifs is 1. The number of rotatable bonds is 3. The zero-order chi connectivity index (χ0) is 11.0. The molecule has 4 heteroatoms. The minimum Gasteiger partial charge on any atom is -0.282 e. The van der Waals surface area contributed by atoms with Crippen LogP contribution in [0.15, 0.2) is 0 Å². The zero-order valence-corrected chi connectivity index (χ0v) is 9.67. The second kappa shape index (κ2) is 4.12. The molecule has 0 aromatic carbocycles. The highest BCUT2D eigenvalue weighted by Crippen LogP contribution is 2.42. The number of carbonyl (C=O) groups excluding carboxylic acids is 2. The highest BCUT2D eigenvalue weighted by molar-refractivity contribution is 6.17. The Balaban J connectivity index is 2.06. The summed E-state index contributed by atoms with van der Waals surface area (Å²) in [6.45, 7) is 2.62. The summed E-state index contributed by atoms with van der Waals surface area (Å²) >= 11 is 5.57. The molecule has 2 atom stereocenters. The predicted octanol–water partition coefficient (Wildman–Crippen LogP) is 1.65. The van der Waals surface area contributed by atoms with Gasteiger partial charge in [0.15, 0.2) is 0 Å². The Morgan fingerprint density at radius 1 is 1.27 bits per heavy atom. The lowest BCUT2D eigenvalue weighted by molar-refractivity contribution is -0.140. The monoisotopic (exact) mass is 229 g/mol. The van der Waals surface area contributed by atoms with Crippen LogP contribution in [0.1, 0.15) is 26.2 Å². The van der Waals surface area contributed by atoms with Crippen LogP contribution in [0.3, 0.4) is 0 Å². The van der Waals surface area contributed by atoms with Crippen LogP contribution in [0.2, 0.25) is 0 Å². The Labute approximate surface area is 94.8 Å². The van der Waals surface area contributed by atoms with Crippen LogP contribution >= 0.6 is 11.6 Å². The molecule has 2 amide bonds. The minimum atomic E-state index is -0.0252. The van der Waals surface area contributed by atoms with Crippen LogP contribution < -0.4 is 0 Å². The van der Waals surface area contributed by atoms with Crippen molar-refractivity contribution in [3.05, 3.63) is 0 Å². The largest absolute Gasteiger partial charge is 0.282 e. The van der Waals surface area contributed by atoms with Crippen molar-refractivity contribution in [2.24, 2.45) is 17.8 Å². The Hall–Kier alpha value is -0.570. The van der Waals surface area contributed by atoms with Gasteiger partial charge in [-0.2, -0.15) is 0 Å². The Morgan fingerprint density at radius 2 is 1.80 bits per heavy atom. The van der Waals surface area contributed by atoms with Gasteiger partial charge in [-0.05, 0) is 25.2 Å². The average Bonchev–Trinajstić information content (AvgIpc) is 2.67. The molecule has 0 aromatic rings. The van der Waals surface area contributed by atoms with Gasteiger partial charge >= 0.3 is 0 Å². The molecule has 2 aliphatic rings. The number of likely N-dealkylation sites (tertiary alicyclic amines) is 1. The lowest BCUT2D eigenvalue weighted by atomic mass is 10.00. The van der Waals surface area contributed by atoms with Crippen LogP contribution in [0.25, 0.3) is 0 Å². The number of alkyl halides is 1. The molecule has 0 radical (unpaired) electrons. The molecule has 84 valence electrons. The molecular formula is C11H16ClNO2. The Bertz CT molecular complexity index is 268. The van der Waals surface area contributed by atoms with Crippen molar-refractivity contribution in [3.63, 3.8) is 0 Å². The highest BCUT2D eigenvalue weighted by atomic mass is 35.5. The van der Waals surface area contributed by atoms with Crippen molar-refractivity contribution < 1.29 is 9.59 Å². The molecule has 3 nitrogen and oxygen atoms in total. The van der Waals surface area contributed by atoms with Crippen LogP contribution in [0.4, 0.5) is 0 Å². The molecule has 0 N–H and O–H groups in total. The van der Waals surface area contributed by atoms with Gasteiger partial charge in [-0.1, -0.05) is 6.92 Å². The van der Waals surface area contributed by atoms with Gasteiger partial charge in [0.2, 0.25) is 11.8 Å². The molecule has 1 saturated heterocycles. The van der Waals surface area contributed by atoms with Crippen LogP contribution in [-0.2, 0) is 9.59 Å². The van der Waals surface area contributed by atoms with E-state index in [1.54, 1.807) is 0 Å². The Morgan fingerprint density at radius 3 is 2.27 bits per heavy atom. The summed E-state index contributed by atoms with van der Waals surface area (Å²) in [4.78, 5) is 25.2. The molecule has 15 heavy (non-hydrogen) atoms. The summed E-state index contributed by atoms with van der Waals surface area (Å²) < 4.78 is 0. The molecule has 0 bridgehead atoms. The number of hydrogen-bond donors (Lipinski definition) is 0. The van der Waals surface area contributed by atoms with Crippen molar-refractivity contribution in [2.45, 2.75) is 26.2 Å². The SMILES string of the molecule is CC1CC2C(=O)N(CCCCl)C(=O)C2C1. The van der Waals surface area contributed by atoms with Gasteiger partial charge < -0.3 is 0 Å². The maximum absolute atomic E-state index is 11.9. The number of hydrogen-bond acceptors (Lipinski definition) is 2. The molecule has 1 aliphatic carbocycles. The third-order valence-electron chi connectivity index (χ3n) is 3.48. The van der Waals surface area contributed by atoms with Crippen LogP contribution in [0, 0.1) is 17.8 Å². The summed E-state index contributed by atoms with van der Waals surface area (Å²) in [7, 11) is 0. The zero-order valence-electron chi connectivity index (χ0n) is 8.91. The van der Waals surface area contributed by atoms with Gasteiger partial charge in [0.05, 0.1) is 11.8 Å². The van der Waals surface area contributed by atoms with Crippen molar-refractivity contribution in [1.29, 1.82) is 0 Å². The van der Waals surface area contributed by atoms with E-state index >= 15 is 0 Å². The van der Waals surface area contributed by atoms with Gasteiger partial charge in [0.25, 0.3) is 0 Å². The summed E-state index contributed by atoms with van der Waals surface area (Å²) in [5.74, 6) is 1.05. The summed E-state index contributed by atoms with van der Waals surface area (Å²) in [6, 6.07) is 0. The van der Waals surface area contributed by atoms with E-state index in [1.165, 1.54) is 4.90 Å². The van der Waals surface area contributed by atoms with E-state index in [-0.39, 0.29) is 23.7 Å². The smallest absolute Gasteiger partial charge is 0.233 e.